The number of nitrogens with one attached hydrogen (secondary N) is 1. The van der Waals surface area contributed by atoms with Gasteiger partial charge in [0.25, 0.3) is 10.1 Å². The van der Waals surface area contributed by atoms with Crippen molar-refractivity contribution in [3.63, 3.8) is 0 Å². The SMILES string of the molecule is Cc1ccc(S(=O)(=O)OC[C@H](O)CCc2ccccc2)c(NC(=O)OC(C)(C)C)c1. The van der Waals surface area contributed by atoms with Gasteiger partial charge in [0.05, 0.1) is 18.4 Å². The van der Waals surface area contributed by atoms with E-state index in [0.29, 0.717) is 12.8 Å². The summed E-state index contributed by atoms with van der Waals surface area (Å²) in [5, 5.41) is 12.6. The summed E-state index contributed by atoms with van der Waals surface area (Å²) in [7, 11) is -4.21. The van der Waals surface area contributed by atoms with E-state index in [2.05, 4.69) is 5.32 Å². The minimum absolute atomic E-state index is 0.0584. The molecule has 7 nitrogen and oxygen atoms in total. The van der Waals surface area contributed by atoms with Gasteiger partial charge >= 0.3 is 6.09 Å². The summed E-state index contributed by atoms with van der Waals surface area (Å²) < 4.78 is 35.6. The van der Waals surface area contributed by atoms with Gasteiger partial charge in [-0.15, -0.1) is 0 Å². The fourth-order valence-corrected chi connectivity index (χ4v) is 3.74. The predicted octanol–water partition coefficient (Wildman–Crippen LogP) is 4.04. The molecule has 2 aromatic carbocycles. The fourth-order valence-electron chi connectivity index (χ4n) is 2.67. The average molecular weight is 436 g/mol. The molecular formula is C22H29NO6S. The molecule has 1 atom stereocenters. The number of aliphatic hydroxyl groups excluding tert-OH is 1. The molecule has 8 heteroatoms. The van der Waals surface area contributed by atoms with Gasteiger partial charge in [-0.05, 0) is 63.8 Å². The Balaban J connectivity index is 2.04. The summed E-state index contributed by atoms with van der Waals surface area (Å²) >= 11 is 0. The van der Waals surface area contributed by atoms with Gasteiger partial charge in [0, 0.05) is 0 Å². The molecule has 0 bridgehead atoms. The summed E-state index contributed by atoms with van der Waals surface area (Å²) in [5.41, 5.74) is 1.12. The average Bonchev–Trinajstić information content (AvgIpc) is 2.64. The third kappa shape index (κ3) is 7.78. The van der Waals surface area contributed by atoms with E-state index in [9.17, 15) is 18.3 Å². The molecule has 0 unspecified atom stereocenters. The number of hydrogen-bond acceptors (Lipinski definition) is 6. The lowest BCUT2D eigenvalue weighted by Gasteiger charge is -2.20. The van der Waals surface area contributed by atoms with Gasteiger partial charge in [-0.2, -0.15) is 8.42 Å². The normalized spacial score (nSPS) is 13.0. The van der Waals surface area contributed by atoms with Crippen molar-refractivity contribution in [2.75, 3.05) is 11.9 Å². The van der Waals surface area contributed by atoms with Gasteiger partial charge in [0.1, 0.15) is 10.5 Å². The highest BCUT2D eigenvalue weighted by atomic mass is 32.2. The first-order valence-electron chi connectivity index (χ1n) is 9.68. The minimum atomic E-state index is -4.21. The Morgan fingerprint density at radius 3 is 2.43 bits per heavy atom. The number of amides is 1. The van der Waals surface area contributed by atoms with Crippen LogP contribution in [0.2, 0.25) is 0 Å². The van der Waals surface area contributed by atoms with E-state index >= 15 is 0 Å². The molecule has 164 valence electrons. The number of aliphatic hydroxyl groups is 1. The van der Waals surface area contributed by atoms with Crippen LogP contribution in [0.3, 0.4) is 0 Å². The number of carbonyl (C=O) groups excluding carboxylic acids is 1. The number of anilines is 1. The Morgan fingerprint density at radius 2 is 1.80 bits per heavy atom. The first kappa shape index (κ1) is 23.9. The molecule has 0 radical (unpaired) electrons. The van der Waals surface area contributed by atoms with Crippen molar-refractivity contribution in [1.29, 1.82) is 0 Å². The van der Waals surface area contributed by atoms with E-state index in [4.69, 9.17) is 8.92 Å². The Bertz CT molecular complexity index is 951. The van der Waals surface area contributed by atoms with Crippen LogP contribution >= 0.6 is 0 Å². The van der Waals surface area contributed by atoms with Crippen molar-refractivity contribution in [1.82, 2.24) is 0 Å². The number of hydrogen-bond donors (Lipinski definition) is 2. The lowest BCUT2D eigenvalue weighted by molar-refractivity contribution is 0.0635. The topological polar surface area (TPSA) is 102 Å². The van der Waals surface area contributed by atoms with Gasteiger partial charge < -0.3 is 9.84 Å². The van der Waals surface area contributed by atoms with Crippen molar-refractivity contribution in [2.24, 2.45) is 0 Å². The molecule has 2 rings (SSSR count). The molecule has 0 spiro atoms. The van der Waals surface area contributed by atoms with Crippen molar-refractivity contribution >= 4 is 21.9 Å². The maximum Gasteiger partial charge on any atom is 0.412 e. The van der Waals surface area contributed by atoms with Crippen molar-refractivity contribution < 1.29 is 27.2 Å². The summed E-state index contributed by atoms with van der Waals surface area (Å²) in [6.07, 6.45) is -0.766. The molecule has 30 heavy (non-hydrogen) atoms. The summed E-state index contributed by atoms with van der Waals surface area (Å²) in [5.74, 6) is 0. The Labute approximate surface area is 178 Å². The Morgan fingerprint density at radius 1 is 1.13 bits per heavy atom. The minimum Gasteiger partial charge on any atom is -0.444 e. The molecule has 1 amide bonds. The van der Waals surface area contributed by atoms with Crippen LogP contribution in [0.4, 0.5) is 10.5 Å². The first-order chi connectivity index (χ1) is 14.0. The molecule has 0 aliphatic rings. The van der Waals surface area contributed by atoms with Crippen molar-refractivity contribution in [3.05, 3.63) is 59.7 Å². The van der Waals surface area contributed by atoms with Crippen LogP contribution in [0.5, 0.6) is 0 Å². The standard InChI is InChI=1S/C22H29NO6S/c1-16-10-13-20(19(14-16)23-21(25)29-22(2,3)4)30(26,27)28-15-18(24)12-11-17-8-6-5-7-9-17/h5-10,13-14,18,24H,11-12,15H2,1-4H3,(H,23,25)/t18-/m1/s1. The van der Waals surface area contributed by atoms with Crippen LogP contribution in [0.15, 0.2) is 53.4 Å². The van der Waals surface area contributed by atoms with Gasteiger partial charge in [0.15, 0.2) is 0 Å². The molecule has 0 aliphatic carbocycles. The molecule has 0 aliphatic heterocycles. The molecule has 0 saturated heterocycles. The second-order valence-corrected chi connectivity index (χ2v) is 9.63. The molecule has 2 N–H and O–H groups in total. The molecule has 0 saturated carbocycles. The highest BCUT2D eigenvalue weighted by Gasteiger charge is 2.24. The van der Waals surface area contributed by atoms with E-state index in [1.54, 1.807) is 33.8 Å². The molecular weight excluding hydrogens is 406 g/mol. The smallest absolute Gasteiger partial charge is 0.412 e. The third-order valence-electron chi connectivity index (χ3n) is 4.06. The highest BCUT2D eigenvalue weighted by molar-refractivity contribution is 7.87. The number of benzene rings is 2. The van der Waals surface area contributed by atoms with Crippen LogP contribution in [0, 0.1) is 6.92 Å². The largest absolute Gasteiger partial charge is 0.444 e. The van der Waals surface area contributed by atoms with Crippen LogP contribution < -0.4 is 5.32 Å². The quantitative estimate of drug-likeness (QED) is 0.607. The zero-order valence-electron chi connectivity index (χ0n) is 17.7. The zero-order chi connectivity index (χ0) is 22.4. The van der Waals surface area contributed by atoms with E-state index in [1.165, 1.54) is 12.1 Å². The van der Waals surface area contributed by atoms with E-state index in [1.807, 2.05) is 30.3 Å². The van der Waals surface area contributed by atoms with Gasteiger partial charge in [0.2, 0.25) is 0 Å². The Kier molecular flexibility index (Phi) is 8.00. The number of ether oxygens (including phenoxy) is 1. The summed E-state index contributed by atoms with van der Waals surface area (Å²) in [6.45, 7) is 6.51. The van der Waals surface area contributed by atoms with Crippen LogP contribution in [-0.4, -0.2) is 37.9 Å². The van der Waals surface area contributed by atoms with E-state index in [0.717, 1.165) is 11.1 Å². The van der Waals surface area contributed by atoms with E-state index < -0.39 is 27.9 Å². The van der Waals surface area contributed by atoms with Crippen LogP contribution in [0.1, 0.15) is 38.3 Å². The molecule has 0 fully saturated rings. The lowest BCUT2D eigenvalue weighted by atomic mass is 10.1. The number of carbonyl (C=O) groups is 1. The predicted molar refractivity (Wildman–Crippen MR) is 115 cm³/mol. The molecule has 2 aromatic rings. The van der Waals surface area contributed by atoms with Gasteiger partial charge in [-0.3, -0.25) is 9.50 Å². The monoisotopic (exact) mass is 435 g/mol. The van der Waals surface area contributed by atoms with Crippen LogP contribution in [0.25, 0.3) is 0 Å². The third-order valence-corrected chi connectivity index (χ3v) is 5.41. The molecule has 0 aromatic heterocycles. The van der Waals surface area contributed by atoms with Gasteiger partial charge in [-0.1, -0.05) is 36.4 Å². The van der Waals surface area contributed by atoms with E-state index in [-0.39, 0.29) is 17.2 Å². The Hall–Kier alpha value is -2.42. The number of aryl methyl sites for hydroxylation is 2. The van der Waals surface area contributed by atoms with Crippen molar-refractivity contribution in [3.8, 4) is 0 Å². The van der Waals surface area contributed by atoms with Crippen LogP contribution in [-0.2, 0) is 25.5 Å². The van der Waals surface area contributed by atoms with Crippen molar-refractivity contribution in [2.45, 2.75) is 57.1 Å². The number of rotatable bonds is 8. The second-order valence-electron chi connectivity index (χ2n) is 8.04. The fraction of sp³-hybridized carbons (Fsp3) is 0.409. The highest BCUT2D eigenvalue weighted by Crippen LogP contribution is 2.25. The lowest BCUT2D eigenvalue weighted by Crippen LogP contribution is -2.28. The second kappa shape index (κ2) is 10.1. The summed E-state index contributed by atoms with van der Waals surface area (Å²) in [4.78, 5) is 11.9. The first-order valence-corrected chi connectivity index (χ1v) is 11.1. The maximum atomic E-state index is 12.7. The zero-order valence-corrected chi connectivity index (χ0v) is 18.5. The maximum absolute atomic E-state index is 12.7. The summed E-state index contributed by atoms with van der Waals surface area (Å²) in [6, 6.07) is 14.1. The van der Waals surface area contributed by atoms with Gasteiger partial charge in [-0.25, -0.2) is 4.79 Å². The molecule has 0 heterocycles.